The average molecular weight is 1410 g/mol. The number of hydrogen-bond donors (Lipinski definition) is 24. The van der Waals surface area contributed by atoms with Crippen LogP contribution in [0.5, 0.6) is 0 Å². The summed E-state index contributed by atoms with van der Waals surface area (Å²) in [5.74, 6) is -2.69. The van der Waals surface area contributed by atoms with Crippen molar-refractivity contribution in [3.05, 3.63) is 0 Å². The van der Waals surface area contributed by atoms with Gasteiger partial charge in [0.2, 0.25) is 17.7 Å². The largest absolute Gasteiger partial charge is 0.394 e. The minimum absolute atomic E-state index is 0.842. The van der Waals surface area contributed by atoms with E-state index in [1.165, 1.54) is 13.8 Å². The Kier molecular flexibility index (Phi) is 27.7. The summed E-state index contributed by atoms with van der Waals surface area (Å²) >= 11 is 0. The number of ether oxygens (including phenoxy) is 15. The average Bonchev–Trinajstić information content (AvgIpc) is 0.776. The second-order valence-electron chi connectivity index (χ2n) is 24.6. The number of rotatable bonds is 23. The molecule has 8 aliphatic heterocycles. The van der Waals surface area contributed by atoms with E-state index in [4.69, 9.17) is 71.1 Å². The van der Waals surface area contributed by atoms with E-state index in [-0.39, 0.29) is 0 Å². The van der Waals surface area contributed by atoms with Gasteiger partial charge in [0.25, 0.3) is 0 Å². The third-order valence-corrected chi connectivity index (χ3v) is 17.8. The molecule has 40 atom stereocenters. The molecule has 0 spiro atoms. The Morgan fingerprint density at radius 1 is 0.292 bits per heavy atom. The van der Waals surface area contributed by atoms with Crippen molar-refractivity contribution in [2.24, 2.45) is 0 Å². The summed E-state index contributed by atoms with van der Waals surface area (Å²) < 4.78 is 88.2. The highest BCUT2D eigenvalue weighted by Gasteiger charge is 2.60. The third kappa shape index (κ3) is 17.0. The quantitative estimate of drug-likeness (QED) is 0.0452. The molecule has 8 saturated heterocycles. The summed E-state index contributed by atoms with van der Waals surface area (Å²) in [5.41, 5.74) is 0. The first-order chi connectivity index (χ1) is 45.3. The third-order valence-electron chi connectivity index (χ3n) is 17.8. The van der Waals surface area contributed by atoms with Crippen LogP contribution in [0.4, 0.5) is 0 Å². The second-order valence-corrected chi connectivity index (χ2v) is 24.6. The fourth-order valence-corrected chi connectivity index (χ4v) is 12.4. The van der Waals surface area contributed by atoms with E-state index >= 15 is 0 Å². The molecule has 8 aliphatic rings. The predicted molar refractivity (Wildman–Crippen MR) is 296 cm³/mol. The van der Waals surface area contributed by atoms with Gasteiger partial charge in [-0.15, -0.1) is 0 Å². The zero-order valence-electron chi connectivity index (χ0n) is 52.1. The zero-order chi connectivity index (χ0) is 70.8. The molecule has 0 aromatic heterocycles. The first-order valence-electron chi connectivity index (χ1n) is 30.8. The molecule has 8 heterocycles. The number of hydrogen-bond acceptors (Lipinski definition) is 39. The van der Waals surface area contributed by atoms with Crippen molar-refractivity contribution >= 4 is 17.7 Å². The zero-order valence-corrected chi connectivity index (χ0v) is 52.1. The van der Waals surface area contributed by atoms with Gasteiger partial charge >= 0.3 is 0 Å². The Morgan fingerprint density at radius 3 is 1.10 bits per heavy atom. The van der Waals surface area contributed by atoms with Gasteiger partial charge in [-0.2, -0.15) is 0 Å². The number of carbonyl (C=O) groups excluding carboxylic acids is 3. The van der Waals surface area contributed by atoms with Crippen molar-refractivity contribution in [1.82, 2.24) is 16.0 Å². The Morgan fingerprint density at radius 2 is 0.635 bits per heavy atom. The SMILES string of the molecule is CC(=O)N[C@@H]1[C@@H](O[C@@H]2O[C@H](CO[C@@H]3O[C@H](CO)[C@@H](O[C@@H]4O[C@H](CO)[C@H](O)[C@H](O)[C@H]4O[C@@H]4O[C@@H](C)[C@@H](O)[C@@H](O)[C@@H]4O)[C@H](O)[C@H]3NC(C)=O)[C@H](O)[C@H](O[C@@H]3O[C@H](CO)[C@@H](O)[C@H](O[C@@H]4O[C@H](CO)[C@H](O)[C@H](O)[C@H]4O[C@@H]4O[C@@H](C)[C@@H](O)[C@@H](O)[C@@H]4O)[C@H]3NC(C)=O)[C@H]2O)[C@@H](O)[C@@H](CO)O[C@@H]1O. The molecule has 556 valence electrons. The molecule has 3 amide bonds. The Hall–Kier alpha value is -3.03. The molecular formula is C54H91N3O39. The maximum absolute atomic E-state index is 13.2. The van der Waals surface area contributed by atoms with Crippen LogP contribution < -0.4 is 16.0 Å². The summed E-state index contributed by atoms with van der Waals surface area (Å²) in [6, 6.07) is -5.52. The smallest absolute Gasteiger partial charge is 0.217 e. The molecule has 0 bridgehead atoms. The van der Waals surface area contributed by atoms with Crippen molar-refractivity contribution in [2.75, 3.05) is 39.6 Å². The van der Waals surface area contributed by atoms with E-state index in [2.05, 4.69) is 16.0 Å². The maximum atomic E-state index is 13.2. The number of aliphatic hydroxyl groups is 21. The molecule has 0 unspecified atom stereocenters. The highest BCUT2D eigenvalue weighted by Crippen LogP contribution is 2.39. The molecule has 96 heavy (non-hydrogen) atoms. The summed E-state index contributed by atoms with van der Waals surface area (Å²) in [7, 11) is 0. The van der Waals surface area contributed by atoms with E-state index in [1.807, 2.05) is 0 Å². The summed E-state index contributed by atoms with van der Waals surface area (Å²) in [5, 5.41) is 238. The molecule has 0 radical (unpaired) electrons. The van der Waals surface area contributed by atoms with Crippen LogP contribution >= 0.6 is 0 Å². The van der Waals surface area contributed by atoms with Gasteiger partial charge in [0, 0.05) is 20.8 Å². The first-order valence-corrected chi connectivity index (χ1v) is 30.8. The lowest BCUT2D eigenvalue weighted by Gasteiger charge is -2.51. The summed E-state index contributed by atoms with van der Waals surface area (Å²) in [6.45, 7) is -0.731. The van der Waals surface area contributed by atoms with Gasteiger partial charge in [-0.25, -0.2) is 0 Å². The van der Waals surface area contributed by atoms with Gasteiger partial charge in [-0.05, 0) is 13.8 Å². The molecule has 0 aromatic rings. The minimum Gasteiger partial charge on any atom is -0.394 e. The number of amides is 3. The molecule has 42 heteroatoms. The molecule has 42 nitrogen and oxygen atoms in total. The maximum Gasteiger partial charge on any atom is 0.217 e. The van der Waals surface area contributed by atoms with E-state index in [0.717, 1.165) is 20.8 Å². The van der Waals surface area contributed by atoms with Crippen LogP contribution in [0.3, 0.4) is 0 Å². The van der Waals surface area contributed by atoms with Gasteiger partial charge in [0.1, 0.15) is 183 Å². The molecule has 24 N–H and O–H groups in total. The summed E-state index contributed by atoms with van der Waals surface area (Å²) in [6.07, 6.45) is -71.9. The Balaban J connectivity index is 1.10. The van der Waals surface area contributed by atoms with Gasteiger partial charge in [-0.3, -0.25) is 14.4 Å². The van der Waals surface area contributed by atoms with Crippen molar-refractivity contribution in [3.63, 3.8) is 0 Å². The molecule has 8 rings (SSSR count). The lowest BCUT2D eigenvalue weighted by atomic mass is 9.93. The highest BCUT2D eigenvalue weighted by molar-refractivity contribution is 5.74. The molecule has 0 aliphatic carbocycles. The van der Waals surface area contributed by atoms with Crippen LogP contribution in [0.15, 0.2) is 0 Å². The normalized spacial score (nSPS) is 50.3. The van der Waals surface area contributed by atoms with Gasteiger partial charge in [0.15, 0.2) is 50.3 Å². The lowest BCUT2D eigenvalue weighted by molar-refractivity contribution is -0.391. The Bertz CT molecular complexity index is 2480. The van der Waals surface area contributed by atoms with Gasteiger partial charge in [0.05, 0.1) is 51.8 Å². The van der Waals surface area contributed by atoms with Crippen LogP contribution in [0.1, 0.15) is 34.6 Å². The number of nitrogens with one attached hydrogen (secondary N) is 3. The van der Waals surface area contributed by atoms with Crippen molar-refractivity contribution in [3.8, 4) is 0 Å². The topological polar surface area (TPSA) is 651 Å². The van der Waals surface area contributed by atoms with Gasteiger partial charge in [-0.1, -0.05) is 0 Å². The predicted octanol–water partition coefficient (Wildman–Crippen LogP) is -16.0. The molecule has 8 fully saturated rings. The Labute approximate surface area is 545 Å². The van der Waals surface area contributed by atoms with E-state index in [0.29, 0.717) is 0 Å². The number of carbonyl (C=O) groups is 3. The van der Waals surface area contributed by atoms with Crippen LogP contribution in [-0.4, -0.2) is 410 Å². The first kappa shape index (κ1) is 78.7. The molecular weight excluding hydrogens is 1310 g/mol. The fourth-order valence-electron chi connectivity index (χ4n) is 12.4. The fraction of sp³-hybridized carbons (Fsp3) is 0.944. The van der Waals surface area contributed by atoms with Crippen LogP contribution in [0.2, 0.25) is 0 Å². The molecule has 0 saturated carbocycles. The molecule has 0 aromatic carbocycles. The summed E-state index contributed by atoms with van der Waals surface area (Å²) in [4.78, 5) is 38.6. The second kappa shape index (κ2) is 33.8. The monoisotopic (exact) mass is 1410 g/mol. The van der Waals surface area contributed by atoms with Crippen LogP contribution in [0, 0.1) is 0 Å². The minimum atomic E-state index is -2.40. The standard InChI is InChI=1S/C54H91N3O39/c1-12-26(66)34(74)38(78)50(83-12)95-45-36(76)28(68)17(6-58)87-53(45)91-41-21(10-62)89-48(23(33(41)73)55-14(3)63)82-11-22-32(72)44(40(80)52(90-22)92-42-24(56-15(4)64)47(81)85-19(8-60)30(42)70)94-49-25(57-16(5)65)43(31(71)20(9-61)86-49)93-54-46(37(77)29(69)18(7-59)88-54)96-51-39(79)35(75)27(67)13(2)84-51/h12-13,17-54,58-62,66-81H,6-11H2,1-5H3,(H,55,63)(H,56,64)(H,57,65)/t12-,13-,17+,18+,19+,20+,21+,22+,23+,24+,25+,26+,27+,28-,29-,30-,31+,32-,33+,34+,35+,36-,37-,38-,39-,40+,41+,42+,43+,44-,45+,46+,47-,48+,49-,50-,51-,52-,53-,54-/m0/s1. The number of aliphatic hydroxyl groups excluding tert-OH is 21. The van der Waals surface area contributed by atoms with Crippen molar-refractivity contribution in [2.45, 2.75) is 280 Å². The van der Waals surface area contributed by atoms with Crippen LogP contribution in [0.25, 0.3) is 0 Å². The van der Waals surface area contributed by atoms with Crippen molar-refractivity contribution in [1.29, 1.82) is 0 Å². The van der Waals surface area contributed by atoms with E-state index < -0.39 is 303 Å². The lowest BCUT2D eigenvalue weighted by Crippen LogP contribution is -2.71. The van der Waals surface area contributed by atoms with E-state index in [9.17, 15) is 122 Å². The highest BCUT2D eigenvalue weighted by atomic mass is 16.8. The van der Waals surface area contributed by atoms with Crippen LogP contribution in [-0.2, 0) is 85.4 Å². The van der Waals surface area contributed by atoms with E-state index in [1.54, 1.807) is 0 Å². The van der Waals surface area contributed by atoms with Gasteiger partial charge < -0.3 is 194 Å². The van der Waals surface area contributed by atoms with Crippen molar-refractivity contribution < 1.29 is 193 Å².